The van der Waals surface area contributed by atoms with Crippen molar-refractivity contribution in [2.24, 2.45) is 5.73 Å². The standard InChI is InChI=1S/C11H19N3O6S/c1-2-5(12)9(17)13-6(3-8(15)16)10(18)14-7(4-21)11(19)20/h5-7,21H,2-4,12H2,1H3,(H,13,17)(H,14,18)(H,15,16)(H,19,20). The van der Waals surface area contributed by atoms with Gasteiger partial charge in [-0.05, 0) is 6.42 Å². The molecule has 0 aromatic heterocycles. The van der Waals surface area contributed by atoms with E-state index in [0.717, 1.165) is 0 Å². The number of hydrogen-bond acceptors (Lipinski definition) is 6. The quantitative estimate of drug-likeness (QED) is 0.273. The van der Waals surface area contributed by atoms with Crippen molar-refractivity contribution in [3.63, 3.8) is 0 Å². The third kappa shape index (κ3) is 6.95. The van der Waals surface area contributed by atoms with E-state index >= 15 is 0 Å². The Hall–Kier alpha value is -1.81. The molecule has 0 heterocycles. The Morgan fingerprint density at radius 2 is 1.62 bits per heavy atom. The Morgan fingerprint density at radius 1 is 1.10 bits per heavy atom. The summed E-state index contributed by atoms with van der Waals surface area (Å²) in [6.45, 7) is 1.65. The first-order chi connectivity index (χ1) is 9.72. The second-order valence-electron chi connectivity index (χ2n) is 4.26. The van der Waals surface area contributed by atoms with Gasteiger partial charge in [0.25, 0.3) is 0 Å². The largest absolute Gasteiger partial charge is 0.481 e. The number of hydrogen-bond donors (Lipinski definition) is 6. The number of thiol groups is 1. The third-order valence-electron chi connectivity index (χ3n) is 2.59. The number of carboxylic acid groups (broad SMARTS) is 2. The highest BCUT2D eigenvalue weighted by atomic mass is 32.1. The molecule has 0 aromatic carbocycles. The summed E-state index contributed by atoms with van der Waals surface area (Å²) in [6, 6.07) is -3.57. The zero-order chi connectivity index (χ0) is 16.6. The zero-order valence-corrected chi connectivity index (χ0v) is 12.3. The predicted octanol–water partition coefficient (Wildman–Crippen LogP) is -1.82. The molecule has 6 N–H and O–H groups in total. The summed E-state index contributed by atoms with van der Waals surface area (Å²) >= 11 is 3.77. The Labute approximate surface area is 126 Å². The summed E-state index contributed by atoms with van der Waals surface area (Å²) in [6.07, 6.45) is -0.380. The molecule has 0 saturated carbocycles. The molecule has 0 aromatic rings. The van der Waals surface area contributed by atoms with Crippen LogP contribution < -0.4 is 16.4 Å². The number of aliphatic carboxylic acids is 2. The van der Waals surface area contributed by atoms with Gasteiger partial charge < -0.3 is 26.6 Å². The van der Waals surface area contributed by atoms with E-state index in [4.69, 9.17) is 15.9 Å². The van der Waals surface area contributed by atoms with Gasteiger partial charge in [0.2, 0.25) is 11.8 Å². The lowest BCUT2D eigenvalue weighted by Gasteiger charge is -2.20. The number of amides is 2. The van der Waals surface area contributed by atoms with Crippen molar-refractivity contribution in [2.75, 3.05) is 5.75 Å². The first-order valence-electron chi connectivity index (χ1n) is 6.14. The average molecular weight is 321 g/mol. The lowest BCUT2D eigenvalue weighted by atomic mass is 10.1. The molecular formula is C11H19N3O6S. The minimum atomic E-state index is -1.41. The number of rotatable bonds is 9. The summed E-state index contributed by atoms with van der Waals surface area (Å²) in [5.74, 6) is -4.42. The SMILES string of the molecule is CCC(N)C(=O)NC(CC(=O)O)C(=O)NC(CS)C(=O)O. The van der Waals surface area contributed by atoms with Crippen molar-refractivity contribution in [1.29, 1.82) is 0 Å². The molecule has 0 aliphatic heterocycles. The number of carbonyl (C=O) groups is 4. The van der Waals surface area contributed by atoms with Crippen LogP contribution in [0.4, 0.5) is 0 Å². The van der Waals surface area contributed by atoms with Gasteiger partial charge in [-0.3, -0.25) is 14.4 Å². The highest BCUT2D eigenvalue weighted by molar-refractivity contribution is 7.80. The third-order valence-corrected chi connectivity index (χ3v) is 2.95. The second-order valence-corrected chi connectivity index (χ2v) is 4.62. The Balaban J connectivity index is 4.88. The van der Waals surface area contributed by atoms with Crippen molar-refractivity contribution in [3.05, 3.63) is 0 Å². The fourth-order valence-corrected chi connectivity index (χ4v) is 1.55. The Morgan fingerprint density at radius 3 is 2.00 bits per heavy atom. The molecule has 0 spiro atoms. The predicted molar refractivity (Wildman–Crippen MR) is 75.9 cm³/mol. The highest BCUT2D eigenvalue weighted by Gasteiger charge is 2.28. The van der Waals surface area contributed by atoms with Crippen LogP contribution in [0.25, 0.3) is 0 Å². The maximum absolute atomic E-state index is 11.9. The van der Waals surface area contributed by atoms with Gasteiger partial charge in [-0.15, -0.1) is 0 Å². The van der Waals surface area contributed by atoms with E-state index in [1.807, 2.05) is 0 Å². The van der Waals surface area contributed by atoms with Crippen LogP contribution in [0.15, 0.2) is 0 Å². The summed E-state index contributed by atoms with van der Waals surface area (Å²) in [7, 11) is 0. The molecular weight excluding hydrogens is 302 g/mol. The van der Waals surface area contributed by atoms with Gasteiger partial charge in [0.15, 0.2) is 0 Å². The number of nitrogens with one attached hydrogen (secondary N) is 2. The van der Waals surface area contributed by atoms with Crippen LogP contribution in [0.1, 0.15) is 19.8 Å². The smallest absolute Gasteiger partial charge is 0.327 e. The van der Waals surface area contributed by atoms with Crippen LogP contribution in [0.2, 0.25) is 0 Å². The Kier molecular flexibility index (Phi) is 8.39. The molecule has 10 heteroatoms. The maximum Gasteiger partial charge on any atom is 0.327 e. The van der Waals surface area contributed by atoms with Crippen LogP contribution in [-0.4, -0.2) is 57.8 Å². The molecule has 0 fully saturated rings. The lowest BCUT2D eigenvalue weighted by Crippen LogP contribution is -2.55. The zero-order valence-electron chi connectivity index (χ0n) is 11.4. The molecule has 0 radical (unpaired) electrons. The van der Waals surface area contributed by atoms with E-state index in [-0.39, 0.29) is 5.75 Å². The second kappa shape index (κ2) is 9.19. The molecule has 21 heavy (non-hydrogen) atoms. The van der Waals surface area contributed by atoms with E-state index in [0.29, 0.717) is 6.42 Å². The summed E-state index contributed by atoms with van der Waals surface area (Å²) in [5, 5.41) is 21.8. The Bertz CT molecular complexity index is 417. The summed E-state index contributed by atoms with van der Waals surface area (Å²) < 4.78 is 0. The average Bonchev–Trinajstić information content (AvgIpc) is 2.41. The van der Waals surface area contributed by atoms with Gasteiger partial charge in [0.05, 0.1) is 12.5 Å². The van der Waals surface area contributed by atoms with Gasteiger partial charge in [-0.25, -0.2) is 4.79 Å². The van der Waals surface area contributed by atoms with Crippen LogP contribution in [0.3, 0.4) is 0 Å². The molecule has 3 unspecified atom stereocenters. The topological polar surface area (TPSA) is 159 Å². The van der Waals surface area contributed by atoms with Crippen molar-refractivity contribution in [3.8, 4) is 0 Å². The minimum absolute atomic E-state index is 0.177. The van der Waals surface area contributed by atoms with Gasteiger partial charge in [0, 0.05) is 5.75 Å². The van der Waals surface area contributed by atoms with Crippen molar-refractivity contribution in [1.82, 2.24) is 10.6 Å². The van der Waals surface area contributed by atoms with Gasteiger partial charge >= 0.3 is 11.9 Å². The van der Waals surface area contributed by atoms with Crippen LogP contribution in [-0.2, 0) is 19.2 Å². The van der Waals surface area contributed by atoms with E-state index in [9.17, 15) is 19.2 Å². The maximum atomic E-state index is 11.9. The normalized spacial score (nSPS) is 14.6. The molecule has 2 amide bonds. The van der Waals surface area contributed by atoms with Crippen molar-refractivity contribution in [2.45, 2.75) is 37.9 Å². The molecule has 0 rings (SSSR count). The summed E-state index contributed by atoms with van der Waals surface area (Å²) in [5.41, 5.74) is 5.47. The lowest BCUT2D eigenvalue weighted by molar-refractivity contribution is -0.143. The van der Waals surface area contributed by atoms with E-state index in [1.165, 1.54) is 0 Å². The van der Waals surface area contributed by atoms with Crippen molar-refractivity contribution < 1.29 is 29.4 Å². The fraction of sp³-hybridized carbons (Fsp3) is 0.636. The molecule has 0 saturated heterocycles. The van der Waals surface area contributed by atoms with Crippen molar-refractivity contribution >= 4 is 36.4 Å². The van der Waals surface area contributed by atoms with Crippen LogP contribution >= 0.6 is 12.6 Å². The fourth-order valence-electron chi connectivity index (χ4n) is 1.31. The van der Waals surface area contributed by atoms with Crippen LogP contribution in [0.5, 0.6) is 0 Å². The molecule has 0 bridgehead atoms. The van der Waals surface area contributed by atoms with Crippen LogP contribution in [0, 0.1) is 0 Å². The van der Waals surface area contributed by atoms with E-state index in [2.05, 4.69) is 23.3 Å². The number of carboxylic acids is 2. The summed E-state index contributed by atoms with van der Waals surface area (Å²) in [4.78, 5) is 45.0. The minimum Gasteiger partial charge on any atom is -0.481 e. The first kappa shape index (κ1) is 19.2. The molecule has 120 valence electrons. The number of nitrogens with two attached hydrogens (primary N) is 1. The first-order valence-corrected chi connectivity index (χ1v) is 6.77. The van der Waals surface area contributed by atoms with Gasteiger partial charge in [0.1, 0.15) is 12.1 Å². The highest BCUT2D eigenvalue weighted by Crippen LogP contribution is 1.98. The molecule has 3 atom stereocenters. The molecule has 0 aliphatic carbocycles. The van der Waals surface area contributed by atoms with Gasteiger partial charge in [-0.2, -0.15) is 12.6 Å². The monoisotopic (exact) mass is 321 g/mol. The number of carbonyl (C=O) groups excluding carboxylic acids is 2. The molecule has 9 nitrogen and oxygen atoms in total. The van der Waals surface area contributed by atoms with E-state index in [1.54, 1.807) is 6.92 Å². The molecule has 0 aliphatic rings. The van der Waals surface area contributed by atoms with E-state index < -0.39 is 48.3 Å². The van der Waals surface area contributed by atoms with Gasteiger partial charge in [-0.1, -0.05) is 6.92 Å².